The second-order valence-electron chi connectivity index (χ2n) is 7.01. The van der Waals surface area contributed by atoms with Gasteiger partial charge in [-0.05, 0) is 74.4 Å². The van der Waals surface area contributed by atoms with Gasteiger partial charge in [0.2, 0.25) is 5.89 Å². The number of para-hydroxylation sites is 2. The fraction of sp³-hybridized carbons (Fsp3) is 0.167. The van der Waals surface area contributed by atoms with E-state index in [1.54, 1.807) is 6.92 Å². The zero-order chi connectivity index (χ0) is 20.4. The van der Waals surface area contributed by atoms with Gasteiger partial charge in [-0.3, -0.25) is 4.79 Å². The number of nitrogens with one attached hydrogen (secondary N) is 1. The third-order valence-corrected chi connectivity index (χ3v) is 4.92. The van der Waals surface area contributed by atoms with E-state index >= 15 is 0 Å². The molecule has 0 aliphatic carbocycles. The Morgan fingerprint density at radius 3 is 2.52 bits per heavy atom. The number of carbonyl (C=O) groups excluding carboxylic acids is 1. The summed E-state index contributed by atoms with van der Waals surface area (Å²) in [6, 6.07) is 20.9. The van der Waals surface area contributed by atoms with Crippen LogP contribution in [-0.4, -0.2) is 17.0 Å². The Bertz CT molecular complexity index is 1130. The van der Waals surface area contributed by atoms with Gasteiger partial charge < -0.3 is 14.5 Å². The molecule has 1 N–H and O–H groups in total. The van der Waals surface area contributed by atoms with Crippen LogP contribution in [0.1, 0.15) is 18.1 Å². The number of nitrogens with zero attached hydrogens (tertiary/aromatic N) is 1. The first-order valence-electron chi connectivity index (χ1n) is 9.51. The van der Waals surface area contributed by atoms with Crippen LogP contribution < -0.4 is 10.1 Å². The van der Waals surface area contributed by atoms with Crippen molar-refractivity contribution in [2.24, 2.45) is 0 Å². The van der Waals surface area contributed by atoms with Gasteiger partial charge in [-0.15, -0.1) is 0 Å². The average Bonchev–Trinajstić information content (AvgIpc) is 3.16. The molecule has 0 saturated carbocycles. The molecule has 1 amide bonds. The number of amides is 1. The highest BCUT2D eigenvalue weighted by molar-refractivity contribution is 5.94. The van der Waals surface area contributed by atoms with Crippen LogP contribution in [0.5, 0.6) is 5.75 Å². The number of fused-ring (bicyclic) bond motifs is 1. The molecular formula is C24H22N2O3. The molecule has 1 aromatic heterocycles. The number of hydrogen-bond donors (Lipinski definition) is 1. The van der Waals surface area contributed by atoms with Crippen LogP contribution in [-0.2, 0) is 4.79 Å². The molecule has 0 spiro atoms. The van der Waals surface area contributed by atoms with Crippen LogP contribution >= 0.6 is 0 Å². The fourth-order valence-corrected chi connectivity index (χ4v) is 3.03. The van der Waals surface area contributed by atoms with E-state index in [0.717, 1.165) is 33.5 Å². The second kappa shape index (κ2) is 7.80. The number of ether oxygens (including phenoxy) is 1. The molecule has 146 valence electrons. The first kappa shape index (κ1) is 18.7. The zero-order valence-electron chi connectivity index (χ0n) is 16.6. The number of carbonyl (C=O) groups is 1. The summed E-state index contributed by atoms with van der Waals surface area (Å²) in [6.07, 6.45) is -0.618. The Labute approximate surface area is 169 Å². The van der Waals surface area contributed by atoms with Gasteiger partial charge in [0.1, 0.15) is 11.3 Å². The summed E-state index contributed by atoms with van der Waals surface area (Å²) in [4.78, 5) is 17.0. The monoisotopic (exact) mass is 386 g/mol. The molecule has 1 atom stereocenters. The van der Waals surface area contributed by atoms with Crippen molar-refractivity contribution in [2.75, 3.05) is 5.32 Å². The van der Waals surface area contributed by atoms with Crippen molar-refractivity contribution >= 4 is 22.7 Å². The molecule has 0 fully saturated rings. The lowest BCUT2D eigenvalue weighted by atomic mass is 10.1. The summed E-state index contributed by atoms with van der Waals surface area (Å²) >= 11 is 0. The van der Waals surface area contributed by atoms with E-state index < -0.39 is 6.10 Å². The molecule has 5 nitrogen and oxygen atoms in total. The van der Waals surface area contributed by atoms with Crippen molar-refractivity contribution in [3.63, 3.8) is 0 Å². The summed E-state index contributed by atoms with van der Waals surface area (Å²) in [5.41, 5.74) is 5.26. The van der Waals surface area contributed by atoms with Crippen molar-refractivity contribution in [3.05, 3.63) is 77.9 Å². The highest BCUT2D eigenvalue weighted by Gasteiger charge is 2.16. The smallest absolute Gasteiger partial charge is 0.265 e. The van der Waals surface area contributed by atoms with Gasteiger partial charge in [0, 0.05) is 11.3 Å². The Morgan fingerprint density at radius 2 is 1.76 bits per heavy atom. The predicted octanol–water partition coefficient (Wildman–Crippen LogP) is 5.52. The van der Waals surface area contributed by atoms with E-state index in [4.69, 9.17) is 9.15 Å². The SMILES string of the molecule is Cc1cccc(O[C@@H](C)C(=O)Nc2ccc(-c3nc4ccccc4o3)cc2)c1C. The van der Waals surface area contributed by atoms with Crippen molar-refractivity contribution in [3.8, 4) is 17.2 Å². The van der Waals surface area contributed by atoms with Crippen molar-refractivity contribution in [2.45, 2.75) is 26.9 Å². The number of benzene rings is 3. The maximum Gasteiger partial charge on any atom is 0.265 e. The summed E-state index contributed by atoms with van der Waals surface area (Å²) in [7, 11) is 0. The maximum atomic E-state index is 12.5. The Hall–Kier alpha value is -3.60. The van der Waals surface area contributed by atoms with Gasteiger partial charge in [-0.2, -0.15) is 0 Å². The Balaban J connectivity index is 1.44. The van der Waals surface area contributed by atoms with Crippen LogP contribution in [0.3, 0.4) is 0 Å². The Kier molecular flexibility index (Phi) is 5.04. The minimum Gasteiger partial charge on any atom is -0.481 e. The lowest BCUT2D eigenvalue weighted by molar-refractivity contribution is -0.122. The van der Waals surface area contributed by atoms with E-state index in [9.17, 15) is 4.79 Å². The van der Waals surface area contributed by atoms with Gasteiger partial charge in [-0.1, -0.05) is 24.3 Å². The molecule has 0 bridgehead atoms. The van der Waals surface area contributed by atoms with Crippen LogP contribution in [0.15, 0.2) is 71.1 Å². The topological polar surface area (TPSA) is 64.4 Å². The zero-order valence-corrected chi connectivity index (χ0v) is 16.6. The molecule has 0 aliphatic rings. The lowest BCUT2D eigenvalue weighted by Gasteiger charge is -2.17. The third kappa shape index (κ3) is 3.99. The van der Waals surface area contributed by atoms with Gasteiger partial charge in [0.15, 0.2) is 11.7 Å². The van der Waals surface area contributed by atoms with Crippen molar-refractivity contribution in [1.82, 2.24) is 4.98 Å². The first-order chi connectivity index (χ1) is 14.0. The largest absolute Gasteiger partial charge is 0.481 e. The normalized spacial score (nSPS) is 12.0. The number of anilines is 1. The fourth-order valence-electron chi connectivity index (χ4n) is 3.03. The van der Waals surface area contributed by atoms with E-state index in [-0.39, 0.29) is 5.91 Å². The molecule has 3 aromatic carbocycles. The molecule has 4 aromatic rings. The second-order valence-corrected chi connectivity index (χ2v) is 7.01. The lowest BCUT2D eigenvalue weighted by Crippen LogP contribution is -2.30. The summed E-state index contributed by atoms with van der Waals surface area (Å²) in [6.45, 7) is 5.75. The molecular weight excluding hydrogens is 364 g/mol. The first-order valence-corrected chi connectivity index (χ1v) is 9.51. The number of hydrogen-bond acceptors (Lipinski definition) is 4. The van der Waals surface area contributed by atoms with Gasteiger partial charge in [-0.25, -0.2) is 4.98 Å². The minimum absolute atomic E-state index is 0.208. The molecule has 0 radical (unpaired) electrons. The summed E-state index contributed by atoms with van der Waals surface area (Å²) < 4.78 is 11.6. The van der Waals surface area contributed by atoms with E-state index in [1.807, 2.05) is 80.6 Å². The number of oxazole rings is 1. The maximum absolute atomic E-state index is 12.5. The number of aromatic nitrogens is 1. The molecule has 0 aliphatic heterocycles. The molecule has 5 heteroatoms. The number of aryl methyl sites for hydroxylation is 1. The highest BCUT2D eigenvalue weighted by atomic mass is 16.5. The molecule has 0 unspecified atom stereocenters. The van der Waals surface area contributed by atoms with Gasteiger partial charge in [0.25, 0.3) is 5.91 Å². The number of rotatable bonds is 5. The van der Waals surface area contributed by atoms with Crippen molar-refractivity contribution < 1.29 is 13.9 Å². The van der Waals surface area contributed by atoms with E-state index in [1.165, 1.54) is 0 Å². The summed E-state index contributed by atoms with van der Waals surface area (Å²) in [5.74, 6) is 1.06. The Morgan fingerprint density at radius 1 is 1.00 bits per heavy atom. The standard InChI is InChI=1S/C24H22N2O3/c1-15-7-6-10-21(16(15)2)28-17(3)23(27)25-19-13-11-18(12-14-19)24-26-20-8-4-5-9-22(20)29-24/h4-14,17H,1-3H3,(H,25,27)/t17-/m0/s1. The minimum atomic E-state index is -0.618. The van der Waals surface area contributed by atoms with Crippen LogP contribution in [0.4, 0.5) is 5.69 Å². The third-order valence-electron chi connectivity index (χ3n) is 4.92. The van der Waals surface area contributed by atoms with Gasteiger partial charge in [0.05, 0.1) is 0 Å². The van der Waals surface area contributed by atoms with Crippen LogP contribution in [0.25, 0.3) is 22.6 Å². The molecule has 29 heavy (non-hydrogen) atoms. The molecule has 1 heterocycles. The van der Waals surface area contributed by atoms with Crippen molar-refractivity contribution in [1.29, 1.82) is 0 Å². The van der Waals surface area contributed by atoms with Crippen LogP contribution in [0.2, 0.25) is 0 Å². The average molecular weight is 386 g/mol. The summed E-state index contributed by atoms with van der Waals surface area (Å²) in [5, 5.41) is 2.89. The predicted molar refractivity (Wildman–Crippen MR) is 114 cm³/mol. The van der Waals surface area contributed by atoms with E-state index in [2.05, 4.69) is 10.3 Å². The van der Waals surface area contributed by atoms with Gasteiger partial charge >= 0.3 is 0 Å². The highest BCUT2D eigenvalue weighted by Crippen LogP contribution is 2.26. The van der Waals surface area contributed by atoms with Crippen LogP contribution in [0, 0.1) is 13.8 Å². The molecule has 4 rings (SSSR count). The van der Waals surface area contributed by atoms with E-state index in [0.29, 0.717) is 11.6 Å². The quantitative estimate of drug-likeness (QED) is 0.491. The molecule has 0 saturated heterocycles.